The summed E-state index contributed by atoms with van der Waals surface area (Å²) in [7, 11) is 1.62. The topological polar surface area (TPSA) is 88.1 Å². The standard InChI is InChI=1S/C21H20ClN3O4S/c1-3-29-20(28)13-7-9-15(10-8-13)24-21-25(2)19(27)17(30-21)12-18(26)23-16-6-4-5-14(22)11-16/h4-11,17H,3,12H2,1-2H3,(H,23,26)/t17-/m0/s1. The van der Waals surface area contributed by atoms with Gasteiger partial charge in [-0.3, -0.25) is 14.5 Å². The van der Waals surface area contributed by atoms with Gasteiger partial charge in [0.2, 0.25) is 11.8 Å². The van der Waals surface area contributed by atoms with Crippen LogP contribution in [-0.2, 0) is 14.3 Å². The number of aliphatic imine (C=N–C) groups is 1. The van der Waals surface area contributed by atoms with Crippen LogP contribution in [0.25, 0.3) is 0 Å². The molecule has 1 saturated heterocycles. The van der Waals surface area contributed by atoms with Gasteiger partial charge in [-0.15, -0.1) is 0 Å². The molecular weight excluding hydrogens is 426 g/mol. The van der Waals surface area contributed by atoms with Gasteiger partial charge in [-0.1, -0.05) is 29.4 Å². The molecule has 3 rings (SSSR count). The number of carbonyl (C=O) groups is 3. The van der Waals surface area contributed by atoms with E-state index in [-0.39, 0.29) is 18.2 Å². The molecule has 2 aromatic carbocycles. The van der Waals surface area contributed by atoms with Crippen molar-refractivity contribution in [2.75, 3.05) is 19.0 Å². The van der Waals surface area contributed by atoms with Crippen molar-refractivity contribution >= 4 is 57.7 Å². The van der Waals surface area contributed by atoms with Gasteiger partial charge in [0.05, 0.1) is 17.9 Å². The molecule has 2 aromatic rings. The third kappa shape index (κ3) is 5.40. The zero-order chi connectivity index (χ0) is 21.7. The van der Waals surface area contributed by atoms with Crippen LogP contribution in [0.5, 0.6) is 0 Å². The summed E-state index contributed by atoms with van der Waals surface area (Å²) >= 11 is 7.15. The molecule has 0 radical (unpaired) electrons. The predicted molar refractivity (Wildman–Crippen MR) is 118 cm³/mol. The monoisotopic (exact) mass is 445 g/mol. The molecule has 0 unspecified atom stereocenters. The Hall–Kier alpha value is -2.84. The fourth-order valence-corrected chi connectivity index (χ4v) is 4.09. The van der Waals surface area contributed by atoms with Crippen molar-refractivity contribution in [3.8, 4) is 0 Å². The molecule has 1 N–H and O–H groups in total. The Bertz CT molecular complexity index is 994. The molecule has 1 aliphatic rings. The summed E-state index contributed by atoms with van der Waals surface area (Å²) in [6, 6.07) is 13.4. The molecule has 0 aromatic heterocycles. The van der Waals surface area contributed by atoms with Gasteiger partial charge in [0.1, 0.15) is 5.25 Å². The average Bonchev–Trinajstić information content (AvgIpc) is 2.96. The second-order valence-corrected chi connectivity index (χ2v) is 8.03. The first-order chi connectivity index (χ1) is 14.4. The molecule has 1 fully saturated rings. The quantitative estimate of drug-likeness (QED) is 0.676. The molecule has 9 heteroatoms. The molecule has 0 aliphatic carbocycles. The largest absolute Gasteiger partial charge is 0.462 e. The maximum Gasteiger partial charge on any atom is 0.338 e. The van der Waals surface area contributed by atoms with Gasteiger partial charge in [-0.25, -0.2) is 9.79 Å². The number of benzene rings is 2. The highest BCUT2D eigenvalue weighted by atomic mass is 35.5. The summed E-state index contributed by atoms with van der Waals surface area (Å²) < 4.78 is 4.96. The van der Waals surface area contributed by atoms with Crippen LogP contribution in [0.3, 0.4) is 0 Å². The normalized spacial score (nSPS) is 17.3. The first-order valence-electron chi connectivity index (χ1n) is 9.23. The summed E-state index contributed by atoms with van der Waals surface area (Å²) in [5.41, 5.74) is 1.60. The maximum absolute atomic E-state index is 12.5. The smallest absolute Gasteiger partial charge is 0.338 e. The highest BCUT2D eigenvalue weighted by Gasteiger charge is 2.37. The van der Waals surface area contributed by atoms with E-state index in [1.54, 1.807) is 62.5 Å². The van der Waals surface area contributed by atoms with Crippen LogP contribution in [0.15, 0.2) is 53.5 Å². The molecule has 0 saturated carbocycles. The van der Waals surface area contributed by atoms with E-state index in [1.807, 2.05) is 0 Å². The summed E-state index contributed by atoms with van der Waals surface area (Å²) in [6.07, 6.45) is 0.0150. The highest BCUT2D eigenvalue weighted by Crippen LogP contribution is 2.31. The minimum absolute atomic E-state index is 0.0150. The van der Waals surface area contributed by atoms with Crippen LogP contribution >= 0.6 is 23.4 Å². The van der Waals surface area contributed by atoms with Gasteiger partial charge < -0.3 is 10.1 Å². The molecular formula is C21H20ClN3O4S. The van der Waals surface area contributed by atoms with Crippen LogP contribution in [0, 0.1) is 0 Å². The number of amides is 2. The number of anilines is 1. The van der Waals surface area contributed by atoms with Crippen molar-refractivity contribution in [3.63, 3.8) is 0 Å². The lowest BCUT2D eigenvalue weighted by atomic mass is 10.2. The van der Waals surface area contributed by atoms with Gasteiger partial charge in [0, 0.05) is 24.2 Å². The van der Waals surface area contributed by atoms with E-state index in [1.165, 1.54) is 16.7 Å². The fourth-order valence-electron chi connectivity index (χ4n) is 2.74. The molecule has 7 nitrogen and oxygen atoms in total. The van der Waals surface area contributed by atoms with Crippen molar-refractivity contribution in [2.45, 2.75) is 18.6 Å². The lowest BCUT2D eigenvalue weighted by Gasteiger charge is -2.09. The van der Waals surface area contributed by atoms with E-state index in [4.69, 9.17) is 16.3 Å². The number of ether oxygens (including phenoxy) is 1. The Balaban J connectivity index is 1.65. The molecule has 156 valence electrons. The van der Waals surface area contributed by atoms with Gasteiger partial charge in [-0.2, -0.15) is 0 Å². The van der Waals surface area contributed by atoms with E-state index >= 15 is 0 Å². The van der Waals surface area contributed by atoms with Crippen molar-refractivity contribution < 1.29 is 19.1 Å². The van der Waals surface area contributed by atoms with Crippen molar-refractivity contribution in [3.05, 3.63) is 59.1 Å². The zero-order valence-electron chi connectivity index (χ0n) is 16.4. The van der Waals surface area contributed by atoms with Crippen molar-refractivity contribution in [2.24, 2.45) is 4.99 Å². The van der Waals surface area contributed by atoms with Gasteiger partial charge in [0.15, 0.2) is 5.17 Å². The second kappa shape index (κ2) is 9.77. The molecule has 1 aliphatic heterocycles. The predicted octanol–water partition coefficient (Wildman–Crippen LogP) is 4.11. The lowest BCUT2D eigenvalue weighted by molar-refractivity contribution is -0.127. The second-order valence-electron chi connectivity index (χ2n) is 6.43. The minimum atomic E-state index is -0.563. The van der Waals surface area contributed by atoms with Crippen LogP contribution in [0.4, 0.5) is 11.4 Å². The number of hydrogen-bond donors (Lipinski definition) is 1. The van der Waals surface area contributed by atoms with E-state index in [9.17, 15) is 14.4 Å². The molecule has 2 amide bonds. The van der Waals surface area contributed by atoms with Crippen molar-refractivity contribution in [1.29, 1.82) is 0 Å². The first kappa shape index (κ1) is 21.9. The number of nitrogens with zero attached hydrogens (tertiary/aromatic N) is 2. The molecule has 1 heterocycles. The Kier molecular flexibility index (Phi) is 7.12. The molecule has 1 atom stereocenters. The number of amidine groups is 1. The van der Waals surface area contributed by atoms with Crippen LogP contribution in [-0.4, -0.2) is 46.8 Å². The number of esters is 1. The van der Waals surface area contributed by atoms with Gasteiger partial charge >= 0.3 is 5.97 Å². The number of rotatable bonds is 6. The number of hydrogen-bond acceptors (Lipinski definition) is 6. The SMILES string of the molecule is CCOC(=O)c1ccc(N=C2S[C@@H](CC(=O)Nc3cccc(Cl)c3)C(=O)N2C)cc1. The highest BCUT2D eigenvalue weighted by molar-refractivity contribution is 8.15. The summed E-state index contributed by atoms with van der Waals surface area (Å²) in [4.78, 5) is 42.5. The Morgan fingerprint density at radius 1 is 1.23 bits per heavy atom. The van der Waals surface area contributed by atoms with Crippen LogP contribution < -0.4 is 5.32 Å². The third-order valence-corrected chi connectivity index (χ3v) is 5.69. The van der Waals surface area contributed by atoms with Crippen LogP contribution in [0.1, 0.15) is 23.7 Å². The first-order valence-corrected chi connectivity index (χ1v) is 10.5. The summed E-state index contributed by atoms with van der Waals surface area (Å²) in [6.45, 7) is 2.05. The van der Waals surface area contributed by atoms with E-state index in [0.29, 0.717) is 33.7 Å². The third-order valence-electron chi connectivity index (χ3n) is 4.22. The minimum Gasteiger partial charge on any atom is -0.462 e. The number of carbonyl (C=O) groups excluding carboxylic acids is 3. The number of halogens is 1. The summed E-state index contributed by atoms with van der Waals surface area (Å²) in [5, 5.41) is 3.19. The average molecular weight is 446 g/mol. The Labute approximate surface area is 183 Å². The number of thioether (sulfide) groups is 1. The number of nitrogens with one attached hydrogen (secondary N) is 1. The molecule has 0 spiro atoms. The molecule has 0 bridgehead atoms. The zero-order valence-corrected chi connectivity index (χ0v) is 18.0. The van der Waals surface area contributed by atoms with Crippen LogP contribution in [0.2, 0.25) is 5.02 Å². The Morgan fingerprint density at radius 3 is 2.63 bits per heavy atom. The lowest BCUT2D eigenvalue weighted by Crippen LogP contribution is -2.30. The van der Waals surface area contributed by atoms with E-state index < -0.39 is 11.2 Å². The van der Waals surface area contributed by atoms with Crippen molar-refractivity contribution in [1.82, 2.24) is 4.90 Å². The van der Waals surface area contributed by atoms with E-state index in [2.05, 4.69) is 10.3 Å². The maximum atomic E-state index is 12.5. The fraction of sp³-hybridized carbons (Fsp3) is 0.238. The van der Waals surface area contributed by atoms with E-state index in [0.717, 1.165) is 0 Å². The van der Waals surface area contributed by atoms with Gasteiger partial charge in [-0.05, 0) is 49.4 Å². The molecule has 30 heavy (non-hydrogen) atoms. The summed E-state index contributed by atoms with van der Waals surface area (Å²) in [5.74, 6) is -0.871. The van der Waals surface area contributed by atoms with Gasteiger partial charge in [0.25, 0.3) is 0 Å². The Morgan fingerprint density at radius 2 is 1.97 bits per heavy atom.